The molecule has 2 heterocycles. The SMILES string of the molecule is O=C=C1CCCOC1C1CC(=O)NC1=O. The van der Waals surface area contributed by atoms with E-state index < -0.39 is 12.0 Å². The fraction of sp³-hybridized carbons (Fsp3) is 0.600. The Bertz CT molecular complexity index is 356. The average molecular weight is 209 g/mol. The minimum Gasteiger partial charge on any atom is -0.372 e. The smallest absolute Gasteiger partial charge is 0.233 e. The highest BCUT2D eigenvalue weighted by molar-refractivity contribution is 6.04. The number of imide groups is 1. The number of ether oxygens (including phenoxy) is 1. The van der Waals surface area contributed by atoms with Gasteiger partial charge in [-0.2, -0.15) is 0 Å². The van der Waals surface area contributed by atoms with Crippen LogP contribution in [0.25, 0.3) is 0 Å². The van der Waals surface area contributed by atoms with Crippen molar-refractivity contribution in [3.63, 3.8) is 0 Å². The van der Waals surface area contributed by atoms with Crippen molar-refractivity contribution in [2.24, 2.45) is 5.92 Å². The van der Waals surface area contributed by atoms with Crippen molar-refractivity contribution in [1.82, 2.24) is 5.32 Å². The van der Waals surface area contributed by atoms with Crippen LogP contribution in [0.15, 0.2) is 5.57 Å². The Morgan fingerprint density at radius 1 is 1.40 bits per heavy atom. The Labute approximate surface area is 86.5 Å². The molecule has 0 aromatic heterocycles. The molecule has 15 heavy (non-hydrogen) atoms. The van der Waals surface area contributed by atoms with Crippen molar-refractivity contribution >= 4 is 17.8 Å². The van der Waals surface area contributed by atoms with Crippen molar-refractivity contribution < 1.29 is 19.1 Å². The lowest BCUT2D eigenvalue weighted by molar-refractivity contribution is -0.127. The molecule has 5 heteroatoms. The molecule has 2 rings (SSSR count). The highest BCUT2D eigenvalue weighted by Gasteiger charge is 2.40. The van der Waals surface area contributed by atoms with Crippen molar-refractivity contribution in [2.75, 3.05) is 6.61 Å². The molecule has 2 saturated heterocycles. The third kappa shape index (κ3) is 1.84. The first kappa shape index (κ1) is 10.1. The van der Waals surface area contributed by atoms with Gasteiger partial charge in [0.05, 0.1) is 5.92 Å². The minimum absolute atomic E-state index is 0.106. The van der Waals surface area contributed by atoms with Gasteiger partial charge in [-0.15, -0.1) is 0 Å². The number of carbonyl (C=O) groups is 2. The lowest BCUT2D eigenvalue weighted by atomic mass is 9.90. The third-order valence-electron chi connectivity index (χ3n) is 2.73. The number of nitrogens with one attached hydrogen (secondary N) is 1. The van der Waals surface area contributed by atoms with E-state index in [9.17, 15) is 14.4 Å². The maximum Gasteiger partial charge on any atom is 0.233 e. The van der Waals surface area contributed by atoms with Crippen LogP contribution in [0.5, 0.6) is 0 Å². The summed E-state index contributed by atoms with van der Waals surface area (Å²) in [7, 11) is 0. The van der Waals surface area contributed by atoms with E-state index in [-0.39, 0.29) is 18.2 Å². The van der Waals surface area contributed by atoms with E-state index in [4.69, 9.17) is 4.74 Å². The third-order valence-corrected chi connectivity index (χ3v) is 2.73. The molecule has 2 aliphatic rings. The Balaban J connectivity index is 2.18. The zero-order valence-corrected chi connectivity index (χ0v) is 8.12. The summed E-state index contributed by atoms with van der Waals surface area (Å²) in [5, 5.41) is 2.21. The first-order valence-corrected chi connectivity index (χ1v) is 4.91. The first-order valence-electron chi connectivity index (χ1n) is 4.91. The number of amides is 2. The van der Waals surface area contributed by atoms with Crippen molar-refractivity contribution in [2.45, 2.75) is 25.4 Å². The van der Waals surface area contributed by atoms with Gasteiger partial charge in [-0.3, -0.25) is 14.9 Å². The van der Waals surface area contributed by atoms with Gasteiger partial charge in [0.1, 0.15) is 12.0 Å². The van der Waals surface area contributed by atoms with E-state index in [1.807, 2.05) is 5.94 Å². The van der Waals surface area contributed by atoms with Gasteiger partial charge in [0.2, 0.25) is 11.8 Å². The van der Waals surface area contributed by atoms with E-state index in [0.717, 1.165) is 6.42 Å². The van der Waals surface area contributed by atoms with Gasteiger partial charge in [-0.1, -0.05) is 0 Å². The summed E-state index contributed by atoms with van der Waals surface area (Å²) in [5.74, 6) is 0.621. The predicted octanol–water partition coefficient (Wildman–Crippen LogP) is -0.414. The zero-order valence-electron chi connectivity index (χ0n) is 8.12. The summed E-state index contributed by atoms with van der Waals surface area (Å²) in [4.78, 5) is 33.1. The molecule has 0 spiro atoms. The first-order chi connectivity index (χ1) is 7.22. The van der Waals surface area contributed by atoms with Gasteiger partial charge < -0.3 is 4.74 Å². The number of hydrogen-bond donors (Lipinski definition) is 1. The number of hydrogen-bond acceptors (Lipinski definition) is 4. The van der Waals surface area contributed by atoms with Crippen molar-refractivity contribution in [3.05, 3.63) is 5.57 Å². The van der Waals surface area contributed by atoms with Gasteiger partial charge in [0.15, 0.2) is 0 Å². The second-order valence-corrected chi connectivity index (χ2v) is 3.75. The Morgan fingerprint density at radius 2 is 2.20 bits per heavy atom. The van der Waals surface area contributed by atoms with E-state index in [1.54, 1.807) is 0 Å². The monoisotopic (exact) mass is 209 g/mol. The van der Waals surface area contributed by atoms with Gasteiger partial charge >= 0.3 is 0 Å². The summed E-state index contributed by atoms with van der Waals surface area (Å²) >= 11 is 0. The zero-order chi connectivity index (χ0) is 10.8. The summed E-state index contributed by atoms with van der Waals surface area (Å²) < 4.78 is 5.37. The molecule has 2 fully saturated rings. The highest BCUT2D eigenvalue weighted by Crippen LogP contribution is 2.28. The maximum atomic E-state index is 11.4. The summed E-state index contributed by atoms with van der Waals surface area (Å²) in [6.45, 7) is 0.522. The van der Waals surface area contributed by atoms with Crippen LogP contribution in [0.4, 0.5) is 0 Å². The van der Waals surface area contributed by atoms with Crippen LogP contribution in [0.3, 0.4) is 0 Å². The molecular weight excluding hydrogens is 198 g/mol. The van der Waals surface area contributed by atoms with Crippen LogP contribution >= 0.6 is 0 Å². The molecule has 2 amide bonds. The molecule has 0 radical (unpaired) electrons. The average Bonchev–Trinajstić information content (AvgIpc) is 2.57. The molecule has 0 aromatic rings. The summed E-state index contributed by atoms with van der Waals surface area (Å²) in [6, 6.07) is 0. The maximum absolute atomic E-state index is 11.4. The molecule has 0 aromatic carbocycles. The normalized spacial score (nSPS) is 31.3. The highest BCUT2D eigenvalue weighted by atomic mass is 16.5. The molecule has 1 N–H and O–H groups in total. The molecule has 2 atom stereocenters. The molecule has 2 aliphatic heterocycles. The van der Waals surface area contributed by atoms with Gasteiger partial charge in [-0.05, 0) is 12.8 Å². The van der Waals surface area contributed by atoms with Crippen LogP contribution < -0.4 is 5.32 Å². The van der Waals surface area contributed by atoms with Gasteiger partial charge in [-0.25, -0.2) is 4.79 Å². The molecule has 0 bridgehead atoms. The van der Waals surface area contributed by atoms with Crippen molar-refractivity contribution in [1.29, 1.82) is 0 Å². The van der Waals surface area contributed by atoms with Crippen LogP contribution in [0.1, 0.15) is 19.3 Å². The summed E-state index contributed by atoms with van der Waals surface area (Å²) in [6.07, 6.45) is 0.923. The van der Waals surface area contributed by atoms with Gasteiger partial charge in [0.25, 0.3) is 0 Å². The van der Waals surface area contributed by atoms with E-state index in [0.29, 0.717) is 18.6 Å². The largest absolute Gasteiger partial charge is 0.372 e. The molecule has 5 nitrogen and oxygen atoms in total. The molecule has 2 unspecified atom stereocenters. The topological polar surface area (TPSA) is 72.5 Å². The summed E-state index contributed by atoms with van der Waals surface area (Å²) in [5.41, 5.74) is 0.469. The number of rotatable bonds is 1. The van der Waals surface area contributed by atoms with Crippen LogP contribution in [0, 0.1) is 5.92 Å². The lowest BCUT2D eigenvalue weighted by Crippen LogP contribution is -2.35. The molecule has 80 valence electrons. The Kier molecular flexibility index (Phi) is 2.66. The lowest BCUT2D eigenvalue weighted by Gasteiger charge is -2.26. The number of carbonyl (C=O) groups excluding carboxylic acids is 3. The Hall–Kier alpha value is -1.45. The van der Waals surface area contributed by atoms with E-state index in [1.165, 1.54) is 0 Å². The second kappa shape index (κ2) is 3.96. The van der Waals surface area contributed by atoms with Crippen molar-refractivity contribution in [3.8, 4) is 0 Å². The quantitative estimate of drug-likeness (QED) is 0.470. The molecule has 0 saturated carbocycles. The second-order valence-electron chi connectivity index (χ2n) is 3.75. The fourth-order valence-electron chi connectivity index (χ4n) is 2.00. The van der Waals surface area contributed by atoms with E-state index in [2.05, 4.69) is 5.32 Å². The van der Waals surface area contributed by atoms with Crippen LogP contribution in [-0.2, 0) is 19.1 Å². The minimum atomic E-state index is -0.553. The molecule has 0 aliphatic carbocycles. The van der Waals surface area contributed by atoms with Crippen LogP contribution in [0.2, 0.25) is 0 Å². The molecular formula is C10H11NO4. The Morgan fingerprint density at radius 3 is 2.80 bits per heavy atom. The predicted molar refractivity (Wildman–Crippen MR) is 49.4 cm³/mol. The standard InChI is InChI=1S/C10H11NO4/c12-5-6-2-1-3-15-9(6)7-4-8(13)11-10(7)14/h7,9H,1-4H2,(H,11,13,14). The van der Waals surface area contributed by atoms with Gasteiger partial charge in [0, 0.05) is 18.6 Å². The van der Waals surface area contributed by atoms with Crippen LogP contribution in [-0.4, -0.2) is 30.5 Å². The van der Waals surface area contributed by atoms with E-state index >= 15 is 0 Å². The fourth-order valence-corrected chi connectivity index (χ4v) is 2.00.